The minimum atomic E-state index is 0.960. The summed E-state index contributed by atoms with van der Waals surface area (Å²) in [4.78, 5) is 2.22. The highest BCUT2D eigenvalue weighted by Gasteiger charge is 2.04. The summed E-state index contributed by atoms with van der Waals surface area (Å²) in [6.45, 7) is 2.01. The van der Waals surface area contributed by atoms with E-state index in [0.717, 1.165) is 25.1 Å². The molecule has 0 aromatic carbocycles. The number of hydrogen-bond donors (Lipinski definition) is 1. The lowest BCUT2D eigenvalue weighted by Crippen LogP contribution is -2.24. The second-order valence-corrected chi connectivity index (χ2v) is 2.54. The first kappa shape index (κ1) is 7.28. The Morgan fingerprint density at radius 2 is 2.60 bits per heavy atom. The zero-order valence-electron chi connectivity index (χ0n) is 6.12. The molecule has 3 nitrogen and oxygen atoms in total. The fourth-order valence-electron chi connectivity index (χ4n) is 0.978. The Labute approximate surface area is 60.6 Å². The molecule has 56 valence electrons. The highest BCUT2D eigenvalue weighted by molar-refractivity contribution is 5.78. The second kappa shape index (κ2) is 3.37. The van der Waals surface area contributed by atoms with Crippen molar-refractivity contribution in [3.63, 3.8) is 0 Å². The standard InChI is InChI=1S/C7H12N2O/c1-9-4-2-7(3-5-9)6-8-10/h2,6,10H,3-5H2,1H3/b8-6+. The first-order valence-corrected chi connectivity index (χ1v) is 3.38. The molecule has 1 rings (SSSR count). The van der Waals surface area contributed by atoms with E-state index in [9.17, 15) is 0 Å². The lowest BCUT2D eigenvalue weighted by molar-refractivity contribution is 0.320. The maximum atomic E-state index is 8.20. The summed E-state index contributed by atoms with van der Waals surface area (Å²) in [5, 5.41) is 11.2. The zero-order valence-corrected chi connectivity index (χ0v) is 6.12. The van der Waals surface area contributed by atoms with Crippen LogP contribution in [0.25, 0.3) is 0 Å². The Bertz CT molecular complexity index is 163. The summed E-state index contributed by atoms with van der Waals surface area (Å²) in [5.74, 6) is 0. The normalized spacial score (nSPS) is 21.5. The smallest absolute Gasteiger partial charge is 0.0691 e. The van der Waals surface area contributed by atoms with E-state index < -0.39 is 0 Å². The van der Waals surface area contributed by atoms with Gasteiger partial charge >= 0.3 is 0 Å². The van der Waals surface area contributed by atoms with E-state index in [-0.39, 0.29) is 0 Å². The van der Waals surface area contributed by atoms with Crippen molar-refractivity contribution in [2.45, 2.75) is 6.42 Å². The van der Waals surface area contributed by atoms with Crippen molar-refractivity contribution >= 4 is 6.21 Å². The van der Waals surface area contributed by atoms with E-state index in [2.05, 4.69) is 23.2 Å². The van der Waals surface area contributed by atoms with Gasteiger partial charge in [0.1, 0.15) is 0 Å². The van der Waals surface area contributed by atoms with Gasteiger partial charge in [-0.1, -0.05) is 11.2 Å². The molecule has 0 aromatic rings. The van der Waals surface area contributed by atoms with Gasteiger partial charge in [0.25, 0.3) is 0 Å². The Morgan fingerprint density at radius 3 is 3.10 bits per heavy atom. The van der Waals surface area contributed by atoms with E-state index >= 15 is 0 Å². The molecule has 0 saturated heterocycles. The van der Waals surface area contributed by atoms with E-state index in [1.54, 1.807) is 0 Å². The largest absolute Gasteiger partial charge is 0.411 e. The summed E-state index contributed by atoms with van der Waals surface area (Å²) >= 11 is 0. The molecule has 3 heteroatoms. The molecule has 0 atom stereocenters. The number of nitrogens with zero attached hydrogens (tertiary/aromatic N) is 2. The highest BCUT2D eigenvalue weighted by Crippen LogP contribution is 2.05. The first-order valence-electron chi connectivity index (χ1n) is 3.38. The molecule has 1 aliphatic heterocycles. The molecule has 0 aromatic heterocycles. The molecule has 0 unspecified atom stereocenters. The third-order valence-electron chi connectivity index (χ3n) is 1.67. The predicted molar refractivity (Wildman–Crippen MR) is 40.5 cm³/mol. The van der Waals surface area contributed by atoms with Crippen molar-refractivity contribution in [3.05, 3.63) is 11.6 Å². The molecule has 0 aliphatic carbocycles. The molecule has 0 amide bonds. The molecule has 0 spiro atoms. The van der Waals surface area contributed by atoms with Crippen LogP contribution in [-0.2, 0) is 0 Å². The highest BCUT2D eigenvalue weighted by atomic mass is 16.4. The van der Waals surface area contributed by atoms with Crippen LogP contribution >= 0.6 is 0 Å². The van der Waals surface area contributed by atoms with Crippen LogP contribution < -0.4 is 0 Å². The van der Waals surface area contributed by atoms with Crippen LogP contribution in [0.2, 0.25) is 0 Å². The predicted octanol–water partition coefficient (Wildman–Crippen LogP) is 0.708. The topological polar surface area (TPSA) is 35.8 Å². The van der Waals surface area contributed by atoms with Gasteiger partial charge in [-0.3, -0.25) is 0 Å². The van der Waals surface area contributed by atoms with Crippen molar-refractivity contribution in [2.24, 2.45) is 5.16 Å². The van der Waals surface area contributed by atoms with Gasteiger partial charge in [0.15, 0.2) is 0 Å². The number of rotatable bonds is 1. The molecular formula is C7H12N2O. The molecule has 0 bridgehead atoms. The van der Waals surface area contributed by atoms with Gasteiger partial charge < -0.3 is 10.1 Å². The minimum absolute atomic E-state index is 0.960. The van der Waals surface area contributed by atoms with Crippen LogP contribution in [0, 0.1) is 0 Å². The maximum absolute atomic E-state index is 8.20. The van der Waals surface area contributed by atoms with Crippen LogP contribution in [0.1, 0.15) is 6.42 Å². The lowest BCUT2D eigenvalue weighted by atomic mass is 10.1. The summed E-state index contributed by atoms with van der Waals surface area (Å²) in [5.41, 5.74) is 1.13. The number of oxime groups is 1. The molecule has 0 saturated carbocycles. The zero-order chi connectivity index (χ0) is 7.40. The first-order chi connectivity index (χ1) is 4.83. The monoisotopic (exact) mass is 140 g/mol. The van der Waals surface area contributed by atoms with Gasteiger partial charge in [-0.2, -0.15) is 0 Å². The summed E-state index contributed by atoms with van der Waals surface area (Å²) < 4.78 is 0. The van der Waals surface area contributed by atoms with Crippen molar-refractivity contribution in [1.82, 2.24) is 4.90 Å². The Hall–Kier alpha value is -0.830. The van der Waals surface area contributed by atoms with Gasteiger partial charge in [-0.05, 0) is 19.0 Å². The molecule has 0 fully saturated rings. The quantitative estimate of drug-likeness (QED) is 0.331. The summed E-state index contributed by atoms with van der Waals surface area (Å²) in [6.07, 6.45) is 4.57. The van der Waals surface area contributed by atoms with Gasteiger partial charge in [-0.25, -0.2) is 0 Å². The molecule has 1 aliphatic rings. The number of likely N-dealkylation sites (N-methyl/N-ethyl adjacent to an activating group) is 1. The Kier molecular flexibility index (Phi) is 2.45. The van der Waals surface area contributed by atoms with Gasteiger partial charge in [0.2, 0.25) is 0 Å². The van der Waals surface area contributed by atoms with Gasteiger partial charge in [0, 0.05) is 13.1 Å². The Morgan fingerprint density at radius 1 is 1.80 bits per heavy atom. The van der Waals surface area contributed by atoms with E-state index in [0.29, 0.717) is 0 Å². The molecular weight excluding hydrogens is 128 g/mol. The van der Waals surface area contributed by atoms with Crippen LogP contribution in [0.5, 0.6) is 0 Å². The molecule has 0 radical (unpaired) electrons. The van der Waals surface area contributed by atoms with E-state index in [1.165, 1.54) is 6.21 Å². The average molecular weight is 140 g/mol. The second-order valence-electron chi connectivity index (χ2n) is 2.54. The van der Waals surface area contributed by atoms with Gasteiger partial charge in [0.05, 0.1) is 6.21 Å². The van der Waals surface area contributed by atoms with E-state index in [1.807, 2.05) is 0 Å². The van der Waals surface area contributed by atoms with Crippen molar-refractivity contribution < 1.29 is 5.21 Å². The van der Waals surface area contributed by atoms with Crippen LogP contribution in [0.3, 0.4) is 0 Å². The van der Waals surface area contributed by atoms with E-state index in [4.69, 9.17) is 5.21 Å². The summed E-state index contributed by atoms with van der Waals surface area (Å²) in [7, 11) is 2.07. The molecule has 1 heterocycles. The van der Waals surface area contributed by atoms with Crippen LogP contribution in [0.15, 0.2) is 16.8 Å². The SMILES string of the molecule is CN1CC=C(/C=N/O)CC1. The Balaban J connectivity index is 2.48. The fourth-order valence-corrected chi connectivity index (χ4v) is 0.978. The van der Waals surface area contributed by atoms with Crippen molar-refractivity contribution in [3.8, 4) is 0 Å². The van der Waals surface area contributed by atoms with Crippen molar-refractivity contribution in [1.29, 1.82) is 0 Å². The molecule has 1 N–H and O–H groups in total. The van der Waals surface area contributed by atoms with Crippen molar-refractivity contribution in [2.75, 3.05) is 20.1 Å². The molecule has 10 heavy (non-hydrogen) atoms. The third-order valence-corrected chi connectivity index (χ3v) is 1.67. The number of hydrogen-bond acceptors (Lipinski definition) is 3. The average Bonchev–Trinajstić information content (AvgIpc) is 1.95. The summed E-state index contributed by atoms with van der Waals surface area (Å²) in [6, 6.07) is 0. The van der Waals surface area contributed by atoms with Crippen LogP contribution in [0.4, 0.5) is 0 Å². The maximum Gasteiger partial charge on any atom is 0.0691 e. The van der Waals surface area contributed by atoms with Crippen LogP contribution in [-0.4, -0.2) is 36.5 Å². The third kappa shape index (κ3) is 1.84. The lowest BCUT2D eigenvalue weighted by Gasteiger charge is -2.19. The fraction of sp³-hybridized carbons (Fsp3) is 0.571. The minimum Gasteiger partial charge on any atom is -0.411 e. The van der Waals surface area contributed by atoms with Gasteiger partial charge in [-0.15, -0.1) is 0 Å².